The van der Waals surface area contributed by atoms with Crippen molar-refractivity contribution in [2.75, 3.05) is 0 Å². The molecule has 2 rings (SSSR count). The topological polar surface area (TPSA) is 67.2 Å². The van der Waals surface area contributed by atoms with Crippen molar-refractivity contribution in [2.45, 2.75) is 32.7 Å². The van der Waals surface area contributed by atoms with Crippen LogP contribution in [0.1, 0.15) is 32.2 Å². The fourth-order valence-electron chi connectivity index (χ4n) is 1.92. The Morgan fingerprint density at radius 1 is 1.41 bits per heavy atom. The Kier molecular flexibility index (Phi) is 4.42. The molecule has 0 fully saturated rings. The molecule has 22 heavy (non-hydrogen) atoms. The fraction of sp³-hybridized carbons (Fsp3) is 0.333. The van der Waals surface area contributed by atoms with Crippen LogP contribution in [0, 0.1) is 5.82 Å². The zero-order chi connectivity index (χ0) is 16.5. The summed E-state index contributed by atoms with van der Waals surface area (Å²) in [6.45, 7) is 6.11. The van der Waals surface area contributed by atoms with Gasteiger partial charge in [-0.1, -0.05) is 32.4 Å². The van der Waals surface area contributed by atoms with Gasteiger partial charge in [0.2, 0.25) is 0 Å². The van der Waals surface area contributed by atoms with Gasteiger partial charge in [0.1, 0.15) is 5.82 Å². The molecule has 0 unspecified atom stereocenters. The Labute approximate surface area is 132 Å². The van der Waals surface area contributed by atoms with Gasteiger partial charge >= 0.3 is 6.09 Å². The lowest BCUT2D eigenvalue weighted by Gasteiger charge is -2.14. The molecular weight excluding hydrogens is 309 g/mol. The molecule has 0 aliphatic heterocycles. The van der Waals surface area contributed by atoms with E-state index in [1.54, 1.807) is 10.7 Å². The first-order chi connectivity index (χ1) is 10.2. The molecular formula is C15H17ClFN3O2. The summed E-state index contributed by atoms with van der Waals surface area (Å²) in [7, 11) is 0. The molecule has 2 aromatic rings. The summed E-state index contributed by atoms with van der Waals surface area (Å²) in [6, 6.07) is 6.09. The molecule has 0 saturated heterocycles. The minimum atomic E-state index is -1.12. The van der Waals surface area contributed by atoms with Crippen LogP contribution in [0.15, 0.2) is 24.3 Å². The Balaban J connectivity index is 2.49. The average molecular weight is 326 g/mol. The third kappa shape index (κ3) is 3.57. The van der Waals surface area contributed by atoms with E-state index in [0.717, 1.165) is 5.69 Å². The molecule has 0 spiro atoms. The molecule has 7 heteroatoms. The number of benzene rings is 1. The quantitative estimate of drug-likeness (QED) is 0.903. The van der Waals surface area contributed by atoms with Crippen molar-refractivity contribution in [2.24, 2.45) is 0 Å². The minimum absolute atomic E-state index is 0.0116. The van der Waals surface area contributed by atoms with E-state index in [-0.39, 0.29) is 17.0 Å². The van der Waals surface area contributed by atoms with Gasteiger partial charge < -0.3 is 10.4 Å². The van der Waals surface area contributed by atoms with Crippen molar-refractivity contribution in [3.8, 4) is 5.69 Å². The lowest BCUT2D eigenvalue weighted by atomic mass is 9.92. The average Bonchev–Trinajstić information content (AvgIpc) is 2.83. The number of carbonyl (C=O) groups is 1. The van der Waals surface area contributed by atoms with Crippen LogP contribution in [0.5, 0.6) is 0 Å². The third-order valence-electron chi connectivity index (χ3n) is 3.12. The minimum Gasteiger partial charge on any atom is -0.465 e. The summed E-state index contributed by atoms with van der Waals surface area (Å²) >= 11 is 5.81. The van der Waals surface area contributed by atoms with Gasteiger partial charge in [-0.05, 0) is 24.3 Å². The van der Waals surface area contributed by atoms with Gasteiger partial charge in [0.15, 0.2) is 0 Å². The van der Waals surface area contributed by atoms with E-state index in [4.69, 9.17) is 16.7 Å². The molecule has 1 aromatic heterocycles. The summed E-state index contributed by atoms with van der Waals surface area (Å²) in [6.07, 6.45) is -1.12. The molecule has 2 N–H and O–H groups in total. The highest BCUT2D eigenvalue weighted by atomic mass is 35.5. The Morgan fingerprint density at radius 2 is 2.09 bits per heavy atom. The van der Waals surface area contributed by atoms with Crippen molar-refractivity contribution in [3.05, 3.63) is 46.5 Å². The Morgan fingerprint density at radius 3 is 2.64 bits per heavy atom. The number of amides is 1. The number of halogens is 2. The molecule has 0 atom stereocenters. The molecule has 118 valence electrons. The second-order valence-electron chi connectivity index (χ2n) is 5.94. The second-order valence-corrected chi connectivity index (χ2v) is 6.35. The van der Waals surface area contributed by atoms with Crippen molar-refractivity contribution >= 4 is 17.7 Å². The van der Waals surface area contributed by atoms with Crippen molar-refractivity contribution in [3.63, 3.8) is 0 Å². The van der Waals surface area contributed by atoms with E-state index in [1.807, 2.05) is 26.8 Å². The van der Waals surface area contributed by atoms with Gasteiger partial charge in [-0.25, -0.2) is 13.9 Å². The van der Waals surface area contributed by atoms with E-state index in [0.29, 0.717) is 11.4 Å². The largest absolute Gasteiger partial charge is 0.465 e. The number of nitrogens with zero attached hydrogens (tertiary/aromatic N) is 2. The van der Waals surface area contributed by atoms with E-state index < -0.39 is 11.9 Å². The highest BCUT2D eigenvalue weighted by molar-refractivity contribution is 6.30. The van der Waals surface area contributed by atoms with Gasteiger partial charge in [0, 0.05) is 5.41 Å². The molecule has 1 amide bonds. The molecule has 5 nitrogen and oxygen atoms in total. The summed E-state index contributed by atoms with van der Waals surface area (Å²) in [4.78, 5) is 10.7. The van der Waals surface area contributed by atoms with Crippen LogP contribution < -0.4 is 5.32 Å². The van der Waals surface area contributed by atoms with E-state index in [1.165, 1.54) is 12.1 Å². The molecule has 0 saturated carbocycles. The number of nitrogens with one attached hydrogen (secondary N) is 1. The zero-order valence-corrected chi connectivity index (χ0v) is 13.3. The maximum Gasteiger partial charge on any atom is 0.404 e. The molecule has 1 heterocycles. The van der Waals surface area contributed by atoms with Crippen LogP contribution in [0.2, 0.25) is 5.02 Å². The lowest BCUT2D eigenvalue weighted by molar-refractivity contribution is 0.193. The smallest absolute Gasteiger partial charge is 0.404 e. The van der Waals surface area contributed by atoms with Gasteiger partial charge in [-0.15, -0.1) is 0 Å². The Hall–Kier alpha value is -2.08. The maximum atomic E-state index is 13.3. The summed E-state index contributed by atoms with van der Waals surface area (Å²) in [5.74, 6) is -0.515. The van der Waals surface area contributed by atoms with E-state index in [9.17, 15) is 9.18 Å². The number of rotatable bonds is 3. The summed E-state index contributed by atoms with van der Waals surface area (Å²) in [5, 5.41) is 15.6. The summed E-state index contributed by atoms with van der Waals surface area (Å²) < 4.78 is 14.9. The third-order valence-corrected chi connectivity index (χ3v) is 3.41. The molecule has 0 aliphatic rings. The van der Waals surface area contributed by atoms with Crippen molar-refractivity contribution < 1.29 is 14.3 Å². The number of aromatic nitrogens is 2. The van der Waals surface area contributed by atoms with Gasteiger partial charge in [-0.3, -0.25) is 0 Å². The maximum absolute atomic E-state index is 13.3. The SMILES string of the molecule is CC(C)(C)c1cc(CNC(=O)O)n(-c2ccc(F)c(Cl)c2)n1. The second kappa shape index (κ2) is 5.96. The zero-order valence-electron chi connectivity index (χ0n) is 12.5. The number of hydrogen-bond acceptors (Lipinski definition) is 2. The fourth-order valence-corrected chi connectivity index (χ4v) is 2.09. The van der Waals surface area contributed by atoms with Crippen LogP contribution >= 0.6 is 11.6 Å². The summed E-state index contributed by atoms with van der Waals surface area (Å²) in [5.41, 5.74) is 1.82. The molecule has 0 bridgehead atoms. The number of carboxylic acid groups (broad SMARTS) is 1. The van der Waals surface area contributed by atoms with Gasteiger partial charge in [0.05, 0.1) is 28.6 Å². The first-order valence-corrected chi connectivity index (χ1v) is 7.08. The predicted molar refractivity (Wildman–Crippen MR) is 82.1 cm³/mol. The van der Waals surface area contributed by atoms with Crippen LogP contribution in [0.4, 0.5) is 9.18 Å². The normalized spacial score (nSPS) is 11.5. The molecule has 0 radical (unpaired) electrons. The predicted octanol–water partition coefficient (Wildman–Crippen LogP) is 3.73. The monoisotopic (exact) mass is 325 g/mol. The van der Waals surface area contributed by atoms with Gasteiger partial charge in [-0.2, -0.15) is 5.10 Å². The van der Waals surface area contributed by atoms with Crippen LogP contribution in [-0.2, 0) is 12.0 Å². The molecule has 0 aliphatic carbocycles. The Bertz CT molecular complexity index is 707. The highest BCUT2D eigenvalue weighted by Crippen LogP contribution is 2.25. The van der Waals surface area contributed by atoms with Gasteiger partial charge in [0.25, 0.3) is 0 Å². The highest BCUT2D eigenvalue weighted by Gasteiger charge is 2.21. The standard InChI is InChI=1S/C15H17ClFN3O2/c1-15(2,3)13-7-10(8-18-14(21)22)20(19-13)9-4-5-12(17)11(16)6-9/h4-7,18H,8H2,1-3H3,(H,21,22). The van der Waals surface area contributed by atoms with Crippen LogP contribution in [-0.4, -0.2) is 21.0 Å². The first kappa shape index (κ1) is 16.3. The van der Waals surface area contributed by atoms with Crippen molar-refractivity contribution in [1.29, 1.82) is 0 Å². The van der Waals surface area contributed by atoms with Crippen LogP contribution in [0.3, 0.4) is 0 Å². The lowest BCUT2D eigenvalue weighted by Crippen LogP contribution is -2.21. The van der Waals surface area contributed by atoms with E-state index >= 15 is 0 Å². The van der Waals surface area contributed by atoms with Crippen molar-refractivity contribution in [1.82, 2.24) is 15.1 Å². The van der Waals surface area contributed by atoms with Crippen LogP contribution in [0.25, 0.3) is 5.69 Å². The molecule has 1 aromatic carbocycles. The first-order valence-electron chi connectivity index (χ1n) is 6.70. The van der Waals surface area contributed by atoms with E-state index in [2.05, 4.69) is 10.4 Å². The number of hydrogen-bond donors (Lipinski definition) is 2.